The molecular weight excluding hydrogens is 436 g/mol. The molecule has 128 valence electrons. The van der Waals surface area contributed by atoms with E-state index in [1.807, 2.05) is 25.1 Å². The zero-order chi connectivity index (χ0) is 17.5. The van der Waals surface area contributed by atoms with Crippen LogP contribution in [0.3, 0.4) is 0 Å². The summed E-state index contributed by atoms with van der Waals surface area (Å²) in [5.74, 6) is 6.14. The van der Waals surface area contributed by atoms with Crippen molar-refractivity contribution in [1.82, 2.24) is 0 Å². The van der Waals surface area contributed by atoms with E-state index in [4.69, 9.17) is 10.7 Å². The molecule has 2 rings (SSSR count). The molecule has 2 aromatic carbocycles. The van der Waals surface area contributed by atoms with E-state index in [9.17, 15) is 4.91 Å². The molecule has 2 aromatic rings. The number of aryl methyl sites for hydroxylation is 1. The average Bonchev–Trinajstić information content (AvgIpc) is 2.61. The Labute approximate surface area is 153 Å². The summed E-state index contributed by atoms with van der Waals surface area (Å²) in [5.41, 5.74) is 2.85. The number of nitroso groups, excluding NO2 is 1. The van der Waals surface area contributed by atoms with Crippen LogP contribution in [0.5, 0.6) is 5.75 Å². The van der Waals surface area contributed by atoms with Crippen LogP contribution in [0.25, 0.3) is 0 Å². The van der Waals surface area contributed by atoms with Crippen LogP contribution in [0.2, 0.25) is 0 Å². The molecule has 0 amide bonds. The zero-order valence-corrected chi connectivity index (χ0v) is 17.4. The second-order valence-electron chi connectivity index (χ2n) is 5.15. The number of nitrogens with zero attached hydrogens (tertiary/aromatic N) is 2. The molecule has 0 aliphatic carbocycles. The molecule has 0 atom stereocenters. The first-order valence-corrected chi connectivity index (χ1v) is 13.7. The fraction of sp³-hybridized carbons (Fsp3) is 0.294. The van der Waals surface area contributed by atoms with Crippen LogP contribution in [0, 0.1) is 11.8 Å². The first kappa shape index (κ1) is 19.0. The second-order valence-corrected chi connectivity index (χ2v) is 11.3. The van der Waals surface area contributed by atoms with Crippen molar-refractivity contribution in [3.8, 4) is 5.75 Å². The molecule has 0 aliphatic rings. The van der Waals surface area contributed by atoms with Gasteiger partial charge < -0.3 is 0 Å². The number of nitrogens with two attached hydrogens (primary N) is 1. The van der Waals surface area contributed by atoms with Crippen LogP contribution in [0.15, 0.2) is 41.6 Å². The Morgan fingerprint density at radius 3 is 2.42 bits per heavy atom. The third kappa shape index (κ3) is 4.59. The molecule has 0 bridgehead atoms. The van der Waals surface area contributed by atoms with Crippen molar-refractivity contribution in [2.24, 2.45) is 11.1 Å². The first-order valence-electron chi connectivity index (χ1n) is 7.67. The van der Waals surface area contributed by atoms with Gasteiger partial charge in [0, 0.05) is 0 Å². The minimum absolute atomic E-state index is 0.136. The van der Waals surface area contributed by atoms with Crippen molar-refractivity contribution in [2.75, 3.05) is 18.0 Å². The standard InChI is InChI=1S/C17H21N3O2Se2/c1-4-20(5-2)13-7-9-15(22-18)17(11-13)24-23-16-10-12(3)6-8-14(16)19-21/h6-11H,4-5,18H2,1-3H3. The van der Waals surface area contributed by atoms with Gasteiger partial charge in [0.25, 0.3) is 0 Å². The maximum atomic E-state index is 11.0. The van der Waals surface area contributed by atoms with Crippen molar-refractivity contribution in [3.63, 3.8) is 0 Å². The molecule has 0 unspecified atom stereocenters. The van der Waals surface area contributed by atoms with Crippen molar-refractivity contribution in [2.45, 2.75) is 20.8 Å². The summed E-state index contributed by atoms with van der Waals surface area (Å²) >= 11 is 0.287. The normalized spacial score (nSPS) is 10.5. The van der Waals surface area contributed by atoms with Gasteiger partial charge in [-0.3, -0.25) is 0 Å². The molecule has 0 spiro atoms. The van der Waals surface area contributed by atoms with E-state index < -0.39 is 0 Å². The fourth-order valence-corrected chi connectivity index (χ4v) is 9.17. The van der Waals surface area contributed by atoms with Crippen molar-refractivity contribution >= 4 is 46.6 Å². The van der Waals surface area contributed by atoms with Crippen LogP contribution in [-0.4, -0.2) is 39.4 Å². The van der Waals surface area contributed by atoms with E-state index in [2.05, 4.69) is 36.1 Å². The number of benzene rings is 2. The Balaban J connectivity index is 2.26. The van der Waals surface area contributed by atoms with Gasteiger partial charge in [-0.1, -0.05) is 0 Å². The van der Waals surface area contributed by atoms with Gasteiger partial charge >= 0.3 is 154 Å². The summed E-state index contributed by atoms with van der Waals surface area (Å²) in [6, 6.07) is 11.9. The van der Waals surface area contributed by atoms with Crippen LogP contribution in [-0.2, 0) is 0 Å². The fourth-order valence-electron chi connectivity index (χ4n) is 2.30. The second kappa shape index (κ2) is 9.21. The molecule has 5 nitrogen and oxygen atoms in total. The molecule has 0 aliphatic heterocycles. The van der Waals surface area contributed by atoms with Gasteiger partial charge in [-0.25, -0.2) is 0 Å². The molecule has 0 fully saturated rings. The summed E-state index contributed by atoms with van der Waals surface area (Å²) in [7, 11) is 0. The Morgan fingerprint density at radius 2 is 1.79 bits per heavy atom. The molecule has 0 saturated heterocycles. The van der Waals surface area contributed by atoms with Gasteiger partial charge in [0.1, 0.15) is 0 Å². The number of anilines is 1. The van der Waals surface area contributed by atoms with Crippen LogP contribution >= 0.6 is 0 Å². The van der Waals surface area contributed by atoms with Crippen molar-refractivity contribution in [1.29, 1.82) is 0 Å². The topological polar surface area (TPSA) is 67.9 Å². The van der Waals surface area contributed by atoms with Crippen LogP contribution in [0.4, 0.5) is 11.4 Å². The zero-order valence-electron chi connectivity index (χ0n) is 14.0. The van der Waals surface area contributed by atoms with E-state index in [0.29, 0.717) is 11.4 Å². The van der Waals surface area contributed by atoms with E-state index in [1.165, 1.54) is 5.69 Å². The third-order valence-corrected chi connectivity index (χ3v) is 10.7. The van der Waals surface area contributed by atoms with Gasteiger partial charge in [0.2, 0.25) is 0 Å². The van der Waals surface area contributed by atoms with Gasteiger partial charge in [0.15, 0.2) is 0 Å². The summed E-state index contributed by atoms with van der Waals surface area (Å²) in [4.78, 5) is 18.3. The molecule has 24 heavy (non-hydrogen) atoms. The van der Waals surface area contributed by atoms with E-state index >= 15 is 0 Å². The summed E-state index contributed by atoms with van der Waals surface area (Å²) in [6.45, 7) is 8.21. The quantitative estimate of drug-likeness (QED) is 0.373. The number of hydrogen-bond acceptors (Lipinski definition) is 5. The van der Waals surface area contributed by atoms with Crippen LogP contribution < -0.4 is 24.6 Å². The van der Waals surface area contributed by atoms with Crippen molar-refractivity contribution in [3.05, 3.63) is 46.9 Å². The number of hydrogen-bond donors (Lipinski definition) is 1. The van der Waals surface area contributed by atoms with Crippen molar-refractivity contribution < 1.29 is 4.84 Å². The summed E-state index contributed by atoms with van der Waals surface area (Å²) in [6.07, 6.45) is 0. The molecule has 0 aromatic heterocycles. The third-order valence-electron chi connectivity index (χ3n) is 3.62. The van der Waals surface area contributed by atoms with Gasteiger partial charge in [-0.2, -0.15) is 0 Å². The maximum absolute atomic E-state index is 11.0. The molecule has 0 saturated carbocycles. The van der Waals surface area contributed by atoms with E-state index in [-0.39, 0.29) is 26.3 Å². The monoisotopic (exact) mass is 459 g/mol. The SMILES string of the molecule is CCN(CC)c1ccc(ON)c([Se][Se]c2cc(C)ccc2N=O)c1. The van der Waals surface area contributed by atoms with Gasteiger partial charge in [-0.05, 0) is 0 Å². The van der Waals surface area contributed by atoms with Gasteiger partial charge in [0.05, 0.1) is 0 Å². The Morgan fingerprint density at radius 1 is 1.08 bits per heavy atom. The Hall–Kier alpha value is -1.36. The summed E-state index contributed by atoms with van der Waals surface area (Å²) in [5, 5.41) is 3.15. The molecule has 2 N–H and O–H groups in total. The predicted octanol–water partition coefficient (Wildman–Crippen LogP) is 1.77. The number of rotatable bonds is 8. The molecular formula is C17H21N3O2Se2. The van der Waals surface area contributed by atoms with Gasteiger partial charge in [-0.15, -0.1) is 0 Å². The predicted molar refractivity (Wildman–Crippen MR) is 102 cm³/mol. The van der Waals surface area contributed by atoms with E-state index in [1.54, 1.807) is 6.07 Å². The Kier molecular flexibility index (Phi) is 7.28. The summed E-state index contributed by atoms with van der Waals surface area (Å²) < 4.78 is 2.15. The first-order chi connectivity index (χ1) is 11.6. The average molecular weight is 457 g/mol. The van der Waals surface area contributed by atoms with Crippen LogP contribution in [0.1, 0.15) is 19.4 Å². The molecule has 0 heterocycles. The Bertz CT molecular complexity index is 706. The molecule has 0 radical (unpaired) electrons. The minimum atomic E-state index is 0.136. The molecule has 7 heteroatoms. The van der Waals surface area contributed by atoms with E-state index in [0.717, 1.165) is 27.6 Å².